The van der Waals surface area contributed by atoms with E-state index in [0.717, 1.165) is 23.5 Å². The monoisotopic (exact) mass is 293 g/mol. The summed E-state index contributed by atoms with van der Waals surface area (Å²) in [6, 6.07) is 16.1. The Morgan fingerprint density at radius 1 is 1.14 bits per heavy atom. The minimum atomic E-state index is -0.0850. The zero-order chi connectivity index (χ0) is 14.3. The van der Waals surface area contributed by atoms with E-state index in [2.05, 4.69) is 28.3 Å². The van der Waals surface area contributed by atoms with Crippen molar-refractivity contribution in [1.29, 1.82) is 5.26 Å². The molecule has 0 aliphatic heterocycles. The van der Waals surface area contributed by atoms with Gasteiger partial charge in [-0.25, -0.2) is 0 Å². The van der Waals surface area contributed by atoms with Gasteiger partial charge in [0.2, 0.25) is 0 Å². The Morgan fingerprint density at radius 3 is 2.62 bits per heavy atom. The summed E-state index contributed by atoms with van der Waals surface area (Å²) in [5.74, 6) is 1.24. The second-order valence-corrected chi connectivity index (χ2v) is 6.23. The highest BCUT2D eigenvalue weighted by Crippen LogP contribution is 2.52. The highest BCUT2D eigenvalue weighted by atomic mass is 32.1. The van der Waals surface area contributed by atoms with Crippen LogP contribution in [-0.4, -0.2) is 10.1 Å². The van der Waals surface area contributed by atoms with E-state index < -0.39 is 0 Å². The lowest BCUT2D eigenvalue weighted by atomic mass is 9.95. The first-order valence-electron chi connectivity index (χ1n) is 6.72. The summed E-state index contributed by atoms with van der Waals surface area (Å²) in [7, 11) is 0. The van der Waals surface area contributed by atoms with E-state index in [1.807, 2.05) is 24.3 Å². The van der Waals surface area contributed by atoms with E-state index >= 15 is 0 Å². The van der Waals surface area contributed by atoms with Gasteiger partial charge < -0.3 is 4.52 Å². The van der Waals surface area contributed by atoms with E-state index in [1.54, 1.807) is 6.07 Å². The summed E-state index contributed by atoms with van der Waals surface area (Å²) in [5, 5.41) is 13.1. The molecule has 5 heteroatoms. The standard InChI is InChI=1S/C16H11N3OS/c17-10-12-6-7-13(21-12)14-18-15(19-20-14)16(8-9-16)11-4-2-1-3-5-11/h1-7H,8-9H2. The molecule has 0 amide bonds. The number of aromatic nitrogens is 2. The Labute approximate surface area is 125 Å². The van der Waals surface area contributed by atoms with E-state index in [4.69, 9.17) is 9.78 Å². The fraction of sp³-hybridized carbons (Fsp3) is 0.188. The van der Waals surface area contributed by atoms with E-state index in [-0.39, 0.29) is 5.41 Å². The molecular formula is C16H11N3OS. The lowest BCUT2D eigenvalue weighted by Crippen LogP contribution is -2.10. The van der Waals surface area contributed by atoms with Crippen molar-refractivity contribution in [3.8, 4) is 16.8 Å². The molecule has 1 saturated carbocycles. The molecule has 1 aromatic carbocycles. The Hall–Kier alpha value is -2.45. The lowest BCUT2D eigenvalue weighted by molar-refractivity contribution is 0.418. The van der Waals surface area contributed by atoms with Gasteiger partial charge in [-0.2, -0.15) is 10.2 Å². The molecule has 3 aromatic rings. The number of rotatable bonds is 3. The highest BCUT2D eigenvalue weighted by molar-refractivity contribution is 7.15. The Balaban J connectivity index is 1.71. The molecule has 21 heavy (non-hydrogen) atoms. The molecule has 4 nitrogen and oxygen atoms in total. The van der Waals surface area contributed by atoms with Crippen molar-refractivity contribution < 1.29 is 4.52 Å². The van der Waals surface area contributed by atoms with Crippen LogP contribution in [0.5, 0.6) is 0 Å². The second-order valence-electron chi connectivity index (χ2n) is 5.15. The fourth-order valence-corrected chi connectivity index (χ4v) is 3.28. The van der Waals surface area contributed by atoms with Crippen LogP contribution in [0.4, 0.5) is 0 Å². The lowest BCUT2D eigenvalue weighted by Gasteiger charge is -2.09. The summed E-state index contributed by atoms with van der Waals surface area (Å²) in [6.45, 7) is 0. The van der Waals surface area contributed by atoms with Crippen molar-refractivity contribution in [1.82, 2.24) is 10.1 Å². The molecule has 0 unspecified atom stereocenters. The maximum absolute atomic E-state index is 8.88. The maximum atomic E-state index is 8.88. The van der Waals surface area contributed by atoms with Gasteiger partial charge in [-0.15, -0.1) is 11.3 Å². The largest absolute Gasteiger partial charge is 0.333 e. The van der Waals surface area contributed by atoms with Gasteiger partial charge in [-0.1, -0.05) is 35.5 Å². The fourth-order valence-electron chi connectivity index (χ4n) is 2.55. The molecule has 0 bridgehead atoms. The summed E-state index contributed by atoms with van der Waals surface area (Å²) in [4.78, 5) is 6.05. The normalized spacial score (nSPS) is 15.6. The molecule has 102 valence electrons. The number of benzene rings is 1. The molecule has 2 aromatic heterocycles. The molecule has 0 radical (unpaired) electrons. The predicted molar refractivity (Wildman–Crippen MR) is 78.8 cm³/mol. The van der Waals surface area contributed by atoms with Gasteiger partial charge in [-0.3, -0.25) is 0 Å². The molecule has 1 aliphatic rings. The van der Waals surface area contributed by atoms with Gasteiger partial charge in [-0.05, 0) is 30.5 Å². The second kappa shape index (κ2) is 4.54. The van der Waals surface area contributed by atoms with Crippen molar-refractivity contribution >= 4 is 11.3 Å². The van der Waals surface area contributed by atoms with Crippen LogP contribution in [0, 0.1) is 11.3 Å². The van der Waals surface area contributed by atoms with Gasteiger partial charge in [0.05, 0.1) is 10.3 Å². The van der Waals surface area contributed by atoms with Crippen LogP contribution < -0.4 is 0 Å². The molecule has 0 atom stereocenters. The van der Waals surface area contributed by atoms with Gasteiger partial charge in [0.25, 0.3) is 5.89 Å². The Morgan fingerprint density at radius 2 is 1.95 bits per heavy atom. The number of thiophene rings is 1. The average Bonchev–Trinajstić information content (AvgIpc) is 2.99. The van der Waals surface area contributed by atoms with Crippen LogP contribution in [0.3, 0.4) is 0 Å². The number of hydrogen-bond donors (Lipinski definition) is 0. The van der Waals surface area contributed by atoms with Gasteiger partial charge >= 0.3 is 0 Å². The third-order valence-electron chi connectivity index (χ3n) is 3.86. The molecule has 1 fully saturated rings. The van der Waals surface area contributed by atoms with Crippen LogP contribution in [0.2, 0.25) is 0 Å². The Bertz CT molecular complexity index is 825. The molecule has 0 spiro atoms. The first-order valence-corrected chi connectivity index (χ1v) is 7.53. The number of hydrogen-bond acceptors (Lipinski definition) is 5. The summed E-state index contributed by atoms with van der Waals surface area (Å²) < 4.78 is 5.40. The van der Waals surface area contributed by atoms with Gasteiger partial charge in [0, 0.05) is 0 Å². The number of nitrogens with zero attached hydrogens (tertiary/aromatic N) is 3. The van der Waals surface area contributed by atoms with E-state index in [1.165, 1.54) is 16.9 Å². The van der Waals surface area contributed by atoms with Crippen LogP contribution in [-0.2, 0) is 5.41 Å². The third kappa shape index (κ3) is 1.96. The van der Waals surface area contributed by atoms with Gasteiger partial charge in [0.1, 0.15) is 10.9 Å². The van der Waals surface area contributed by atoms with E-state index in [9.17, 15) is 0 Å². The molecule has 2 heterocycles. The van der Waals surface area contributed by atoms with Crippen molar-refractivity contribution in [2.75, 3.05) is 0 Å². The SMILES string of the molecule is N#Cc1ccc(-c2nc(C3(c4ccccc4)CC3)no2)s1. The van der Waals surface area contributed by atoms with Gasteiger partial charge in [0.15, 0.2) is 5.82 Å². The minimum absolute atomic E-state index is 0.0850. The first kappa shape index (κ1) is 12.3. The molecule has 0 N–H and O–H groups in total. The van der Waals surface area contributed by atoms with Crippen LogP contribution in [0.15, 0.2) is 47.0 Å². The molecular weight excluding hydrogens is 282 g/mol. The average molecular weight is 293 g/mol. The summed E-state index contributed by atoms with van der Waals surface area (Å²) >= 11 is 1.37. The Kier molecular flexibility index (Phi) is 2.66. The quantitative estimate of drug-likeness (QED) is 0.737. The maximum Gasteiger partial charge on any atom is 0.268 e. The predicted octanol–water partition coefficient (Wildman–Crippen LogP) is 3.75. The molecule has 1 aliphatic carbocycles. The van der Waals surface area contributed by atoms with Crippen molar-refractivity contribution in [3.63, 3.8) is 0 Å². The topological polar surface area (TPSA) is 62.7 Å². The zero-order valence-electron chi connectivity index (χ0n) is 11.1. The van der Waals surface area contributed by atoms with E-state index in [0.29, 0.717) is 10.8 Å². The third-order valence-corrected chi connectivity index (χ3v) is 4.84. The highest BCUT2D eigenvalue weighted by Gasteiger charge is 2.49. The van der Waals surface area contributed by atoms with Crippen LogP contribution >= 0.6 is 11.3 Å². The molecule has 4 rings (SSSR count). The van der Waals surface area contributed by atoms with Crippen molar-refractivity contribution in [3.05, 3.63) is 58.7 Å². The summed E-state index contributed by atoms with van der Waals surface area (Å²) in [6.07, 6.45) is 2.09. The smallest absolute Gasteiger partial charge is 0.268 e. The van der Waals surface area contributed by atoms with Crippen molar-refractivity contribution in [2.45, 2.75) is 18.3 Å². The van der Waals surface area contributed by atoms with Crippen LogP contribution in [0.25, 0.3) is 10.8 Å². The zero-order valence-corrected chi connectivity index (χ0v) is 11.9. The van der Waals surface area contributed by atoms with Crippen LogP contribution in [0.1, 0.15) is 29.1 Å². The summed E-state index contributed by atoms with van der Waals surface area (Å²) in [5.41, 5.74) is 1.15. The first-order chi connectivity index (χ1) is 10.3. The minimum Gasteiger partial charge on any atom is -0.333 e. The van der Waals surface area contributed by atoms with Crippen molar-refractivity contribution in [2.24, 2.45) is 0 Å². The number of nitriles is 1. The molecule has 0 saturated heterocycles.